The molecule has 0 saturated heterocycles. The van der Waals surface area contributed by atoms with Crippen LogP contribution in [0.2, 0.25) is 0 Å². The Morgan fingerprint density at radius 1 is 1.13 bits per heavy atom. The minimum Gasteiger partial charge on any atom is -0.331 e. The second-order valence-electron chi connectivity index (χ2n) is 7.23. The summed E-state index contributed by atoms with van der Waals surface area (Å²) in [5.41, 5.74) is 1.77. The molecule has 9 heteroatoms. The average Bonchev–Trinajstić information content (AvgIpc) is 3.14. The number of anilines is 1. The quantitative estimate of drug-likeness (QED) is 0.548. The zero-order valence-corrected chi connectivity index (χ0v) is 18.3. The van der Waals surface area contributed by atoms with E-state index in [-0.39, 0.29) is 23.8 Å². The first kappa shape index (κ1) is 22.6. The Bertz CT molecular complexity index is 1130. The molecule has 0 aliphatic rings. The lowest BCUT2D eigenvalue weighted by Gasteiger charge is -2.17. The van der Waals surface area contributed by atoms with Crippen molar-refractivity contribution in [3.05, 3.63) is 78.1 Å². The highest BCUT2D eigenvalue weighted by atomic mass is 32.2. The maximum absolute atomic E-state index is 13.0. The van der Waals surface area contributed by atoms with Crippen LogP contribution in [0.15, 0.2) is 65.8 Å². The SMILES string of the molecule is Cc1nccn1Cc1ccc(NC(=O)CCCN(C)S(=O)(=O)c2ccc(F)cc2)cc1. The summed E-state index contributed by atoms with van der Waals surface area (Å²) in [5.74, 6) is 0.248. The van der Waals surface area contributed by atoms with Crippen molar-refractivity contribution in [3.8, 4) is 0 Å². The Labute approximate surface area is 181 Å². The molecule has 0 radical (unpaired) electrons. The lowest BCUT2D eigenvalue weighted by atomic mass is 10.2. The van der Waals surface area contributed by atoms with E-state index in [4.69, 9.17) is 0 Å². The fraction of sp³-hybridized carbons (Fsp3) is 0.273. The summed E-state index contributed by atoms with van der Waals surface area (Å²) in [6.07, 6.45) is 4.21. The summed E-state index contributed by atoms with van der Waals surface area (Å²) < 4.78 is 41.2. The van der Waals surface area contributed by atoms with Gasteiger partial charge in [0.05, 0.1) is 4.90 Å². The van der Waals surface area contributed by atoms with Gasteiger partial charge in [-0.25, -0.2) is 22.1 Å². The summed E-state index contributed by atoms with van der Waals surface area (Å²) in [6, 6.07) is 12.2. The number of aromatic nitrogens is 2. The van der Waals surface area contributed by atoms with Crippen LogP contribution < -0.4 is 5.32 Å². The van der Waals surface area contributed by atoms with E-state index in [1.807, 2.05) is 42.0 Å². The van der Waals surface area contributed by atoms with Crippen LogP contribution in [-0.2, 0) is 21.4 Å². The van der Waals surface area contributed by atoms with Gasteiger partial charge in [0.25, 0.3) is 0 Å². The predicted octanol–water partition coefficient (Wildman–Crippen LogP) is 3.42. The van der Waals surface area contributed by atoms with Crippen molar-refractivity contribution in [1.29, 1.82) is 0 Å². The summed E-state index contributed by atoms with van der Waals surface area (Å²) in [7, 11) is -2.27. The summed E-state index contributed by atoms with van der Waals surface area (Å²) in [4.78, 5) is 16.4. The van der Waals surface area contributed by atoms with Gasteiger partial charge in [0.2, 0.25) is 15.9 Å². The van der Waals surface area contributed by atoms with Gasteiger partial charge < -0.3 is 9.88 Å². The molecule has 31 heavy (non-hydrogen) atoms. The van der Waals surface area contributed by atoms with Gasteiger partial charge in [-0.3, -0.25) is 4.79 Å². The Balaban J connectivity index is 1.46. The van der Waals surface area contributed by atoms with Crippen LogP contribution in [0.25, 0.3) is 0 Å². The van der Waals surface area contributed by atoms with Gasteiger partial charge in [0, 0.05) is 44.6 Å². The van der Waals surface area contributed by atoms with Crippen molar-refractivity contribution < 1.29 is 17.6 Å². The number of nitrogens with one attached hydrogen (secondary N) is 1. The van der Waals surface area contributed by atoms with Crippen molar-refractivity contribution in [3.63, 3.8) is 0 Å². The van der Waals surface area contributed by atoms with Crippen LogP contribution >= 0.6 is 0 Å². The highest BCUT2D eigenvalue weighted by molar-refractivity contribution is 7.89. The molecule has 3 aromatic rings. The summed E-state index contributed by atoms with van der Waals surface area (Å²) in [5, 5.41) is 2.82. The third kappa shape index (κ3) is 5.99. The fourth-order valence-electron chi connectivity index (χ4n) is 3.05. The number of nitrogens with zero attached hydrogens (tertiary/aromatic N) is 3. The van der Waals surface area contributed by atoms with E-state index in [1.165, 1.54) is 23.5 Å². The molecule has 0 aliphatic heterocycles. The smallest absolute Gasteiger partial charge is 0.242 e. The molecule has 2 aromatic carbocycles. The van der Waals surface area contributed by atoms with Crippen LogP contribution in [0.5, 0.6) is 0 Å². The number of rotatable bonds is 9. The number of amides is 1. The monoisotopic (exact) mass is 444 g/mol. The largest absolute Gasteiger partial charge is 0.331 e. The van der Waals surface area contributed by atoms with Gasteiger partial charge in [-0.1, -0.05) is 12.1 Å². The molecule has 0 atom stereocenters. The van der Waals surface area contributed by atoms with Crippen LogP contribution in [0, 0.1) is 12.7 Å². The number of hydrogen-bond donors (Lipinski definition) is 1. The van der Waals surface area contributed by atoms with Crippen LogP contribution in [0.3, 0.4) is 0 Å². The molecule has 1 N–H and O–H groups in total. The normalized spacial score (nSPS) is 11.6. The zero-order valence-electron chi connectivity index (χ0n) is 17.5. The van der Waals surface area contributed by atoms with Crippen molar-refractivity contribution in [1.82, 2.24) is 13.9 Å². The number of benzene rings is 2. The minimum atomic E-state index is -3.71. The summed E-state index contributed by atoms with van der Waals surface area (Å²) in [6.45, 7) is 2.82. The number of sulfonamides is 1. The fourth-order valence-corrected chi connectivity index (χ4v) is 4.26. The van der Waals surface area contributed by atoms with Crippen LogP contribution in [-0.4, -0.2) is 41.8 Å². The lowest BCUT2D eigenvalue weighted by molar-refractivity contribution is -0.116. The van der Waals surface area contributed by atoms with Crippen molar-refractivity contribution in [2.75, 3.05) is 18.9 Å². The highest BCUT2D eigenvalue weighted by Gasteiger charge is 2.20. The topological polar surface area (TPSA) is 84.3 Å². The number of carbonyl (C=O) groups excluding carboxylic acids is 1. The Hall–Kier alpha value is -3.04. The third-order valence-corrected chi connectivity index (χ3v) is 6.78. The van der Waals surface area contributed by atoms with E-state index < -0.39 is 15.8 Å². The van der Waals surface area contributed by atoms with Gasteiger partial charge in [0.1, 0.15) is 11.6 Å². The molecule has 0 aliphatic carbocycles. The second kappa shape index (κ2) is 9.84. The molecule has 0 saturated carbocycles. The second-order valence-corrected chi connectivity index (χ2v) is 9.28. The predicted molar refractivity (Wildman–Crippen MR) is 117 cm³/mol. The maximum Gasteiger partial charge on any atom is 0.242 e. The molecule has 1 amide bonds. The number of imidazole rings is 1. The highest BCUT2D eigenvalue weighted by Crippen LogP contribution is 2.16. The molecular weight excluding hydrogens is 419 g/mol. The molecule has 1 heterocycles. The maximum atomic E-state index is 13.0. The number of hydrogen-bond acceptors (Lipinski definition) is 4. The van der Waals surface area contributed by atoms with Crippen LogP contribution in [0.1, 0.15) is 24.2 Å². The number of carbonyl (C=O) groups is 1. The van der Waals surface area contributed by atoms with Crippen molar-refractivity contribution in [2.45, 2.75) is 31.2 Å². The molecule has 0 bridgehead atoms. The standard InChI is InChI=1S/C22H25FN4O3S/c1-17-24-13-15-27(17)16-18-5-9-20(10-6-18)25-22(28)4-3-14-26(2)31(29,30)21-11-7-19(23)8-12-21/h5-13,15H,3-4,14,16H2,1-2H3,(H,25,28). The Morgan fingerprint density at radius 3 is 2.42 bits per heavy atom. The van der Waals surface area contributed by atoms with E-state index in [0.717, 1.165) is 23.5 Å². The van der Waals surface area contributed by atoms with E-state index in [2.05, 4.69) is 10.3 Å². The first-order valence-corrected chi connectivity index (χ1v) is 11.3. The molecular formula is C22H25FN4O3S. The molecule has 3 rings (SSSR count). The lowest BCUT2D eigenvalue weighted by Crippen LogP contribution is -2.28. The van der Waals surface area contributed by atoms with Gasteiger partial charge in [-0.05, 0) is 55.3 Å². The Kier molecular flexibility index (Phi) is 7.19. The van der Waals surface area contributed by atoms with Gasteiger partial charge >= 0.3 is 0 Å². The van der Waals surface area contributed by atoms with Gasteiger partial charge in [-0.15, -0.1) is 0 Å². The molecule has 1 aromatic heterocycles. The van der Waals surface area contributed by atoms with E-state index in [9.17, 15) is 17.6 Å². The zero-order chi connectivity index (χ0) is 22.4. The number of aryl methyl sites for hydroxylation is 1. The molecule has 7 nitrogen and oxygen atoms in total. The Morgan fingerprint density at radius 2 is 1.81 bits per heavy atom. The molecule has 164 valence electrons. The first-order chi connectivity index (χ1) is 14.8. The van der Waals surface area contributed by atoms with Gasteiger partial charge in [-0.2, -0.15) is 0 Å². The molecule has 0 unspecified atom stereocenters. The summed E-state index contributed by atoms with van der Waals surface area (Å²) >= 11 is 0. The average molecular weight is 445 g/mol. The molecule has 0 spiro atoms. The van der Waals surface area contributed by atoms with Crippen LogP contribution in [0.4, 0.5) is 10.1 Å². The van der Waals surface area contributed by atoms with E-state index in [1.54, 1.807) is 6.20 Å². The van der Waals surface area contributed by atoms with E-state index >= 15 is 0 Å². The first-order valence-electron chi connectivity index (χ1n) is 9.84. The minimum absolute atomic E-state index is 0.0202. The van der Waals surface area contributed by atoms with Gasteiger partial charge in [0.15, 0.2) is 0 Å². The van der Waals surface area contributed by atoms with Crippen molar-refractivity contribution in [2.24, 2.45) is 0 Å². The van der Waals surface area contributed by atoms with E-state index in [0.29, 0.717) is 18.7 Å². The molecule has 0 fully saturated rings. The third-order valence-electron chi connectivity index (χ3n) is 4.91. The van der Waals surface area contributed by atoms with Crippen molar-refractivity contribution >= 4 is 21.6 Å². The number of halogens is 1.